The standard InChI is InChI=1S/C43H27N5/c1-3-13-28(14-4-1)45-36-19-9-7-17-31(36)33-25-30(23-24-38(33)45)46-37-20-10-8-18-32(37)34-26-35-42(27-41(34)46)48-40-22-12-11-21-39(40)47(43(48)44-35)29-15-5-2-6-16-29/h1-27H. The lowest BCUT2D eigenvalue weighted by Gasteiger charge is -2.10. The number of benzene rings is 7. The molecule has 0 spiro atoms. The number of rotatable bonds is 3. The lowest BCUT2D eigenvalue weighted by atomic mass is 10.1. The number of imidazole rings is 2. The highest BCUT2D eigenvalue weighted by Gasteiger charge is 2.21. The largest absolute Gasteiger partial charge is 0.309 e. The molecule has 7 aromatic carbocycles. The fourth-order valence-electron chi connectivity index (χ4n) is 7.93. The highest BCUT2D eigenvalue weighted by molar-refractivity contribution is 6.15. The van der Waals surface area contributed by atoms with Crippen molar-refractivity contribution in [2.45, 2.75) is 0 Å². The van der Waals surface area contributed by atoms with Crippen LogP contribution < -0.4 is 0 Å². The first-order valence-electron chi connectivity index (χ1n) is 16.3. The smallest absolute Gasteiger partial charge is 0.220 e. The van der Waals surface area contributed by atoms with Gasteiger partial charge in [-0.1, -0.05) is 84.9 Å². The second-order valence-electron chi connectivity index (χ2n) is 12.5. The molecule has 5 heteroatoms. The van der Waals surface area contributed by atoms with Gasteiger partial charge in [0.25, 0.3) is 0 Å². The number of para-hydroxylation sites is 6. The molecule has 0 N–H and O–H groups in total. The summed E-state index contributed by atoms with van der Waals surface area (Å²) >= 11 is 0. The van der Waals surface area contributed by atoms with E-state index in [4.69, 9.17) is 4.98 Å². The van der Waals surface area contributed by atoms with Gasteiger partial charge in [0.05, 0.1) is 44.1 Å². The summed E-state index contributed by atoms with van der Waals surface area (Å²) in [7, 11) is 0. The maximum atomic E-state index is 5.29. The van der Waals surface area contributed by atoms with E-state index in [1.54, 1.807) is 0 Å². The van der Waals surface area contributed by atoms with Crippen molar-refractivity contribution in [2.75, 3.05) is 0 Å². The van der Waals surface area contributed by atoms with E-state index in [2.05, 4.69) is 182 Å². The third kappa shape index (κ3) is 3.37. The summed E-state index contributed by atoms with van der Waals surface area (Å²) in [6.45, 7) is 0. The minimum atomic E-state index is 0.913. The minimum absolute atomic E-state index is 0.913. The number of nitrogens with zero attached hydrogens (tertiary/aromatic N) is 5. The molecule has 48 heavy (non-hydrogen) atoms. The zero-order valence-corrected chi connectivity index (χ0v) is 25.8. The third-order valence-electron chi connectivity index (χ3n) is 9.94. The average Bonchev–Trinajstić information content (AvgIpc) is 3.86. The molecule has 4 aromatic heterocycles. The van der Waals surface area contributed by atoms with Gasteiger partial charge in [0.1, 0.15) is 0 Å². The molecule has 0 saturated carbocycles. The molecule has 0 unspecified atom stereocenters. The SMILES string of the molecule is c1ccc(-n2c3ccccc3c3cc(-n4c5ccccc5c5cc6nc7n(-c8ccccc8)c8ccccc8n7c6cc54)ccc32)cc1. The summed E-state index contributed by atoms with van der Waals surface area (Å²) in [5, 5.41) is 4.89. The van der Waals surface area contributed by atoms with E-state index in [0.29, 0.717) is 0 Å². The summed E-state index contributed by atoms with van der Waals surface area (Å²) in [6.07, 6.45) is 0. The Morgan fingerprint density at radius 2 is 0.833 bits per heavy atom. The van der Waals surface area contributed by atoms with Crippen LogP contribution in [0.1, 0.15) is 0 Å². The van der Waals surface area contributed by atoms with Gasteiger partial charge in [-0.15, -0.1) is 0 Å². The second-order valence-corrected chi connectivity index (χ2v) is 12.5. The zero-order chi connectivity index (χ0) is 31.3. The fourth-order valence-corrected chi connectivity index (χ4v) is 7.93. The Morgan fingerprint density at radius 1 is 0.312 bits per heavy atom. The first-order chi connectivity index (χ1) is 23.8. The quantitative estimate of drug-likeness (QED) is 0.195. The third-order valence-corrected chi connectivity index (χ3v) is 9.94. The van der Waals surface area contributed by atoms with Crippen LogP contribution in [0.15, 0.2) is 164 Å². The predicted molar refractivity (Wildman–Crippen MR) is 198 cm³/mol. The Bertz CT molecular complexity index is 3050. The van der Waals surface area contributed by atoms with Crippen LogP contribution in [-0.4, -0.2) is 23.1 Å². The molecule has 0 atom stereocenters. The Hall–Kier alpha value is -6.59. The molecule has 4 heterocycles. The van der Waals surface area contributed by atoms with Gasteiger partial charge in [-0.25, -0.2) is 4.98 Å². The monoisotopic (exact) mass is 613 g/mol. The Morgan fingerprint density at radius 3 is 1.52 bits per heavy atom. The molecule has 0 aliphatic rings. The molecule has 0 saturated heterocycles. The van der Waals surface area contributed by atoms with Crippen molar-refractivity contribution in [3.8, 4) is 17.1 Å². The molecule has 0 aliphatic carbocycles. The van der Waals surface area contributed by atoms with Crippen LogP contribution in [0.2, 0.25) is 0 Å². The molecule has 0 fully saturated rings. The van der Waals surface area contributed by atoms with Gasteiger partial charge in [0, 0.05) is 38.6 Å². The molecule has 0 aliphatic heterocycles. The molecular formula is C43H27N5. The molecule has 0 radical (unpaired) electrons. The average molecular weight is 614 g/mol. The molecule has 0 bridgehead atoms. The summed E-state index contributed by atoms with van der Waals surface area (Å²) in [5.74, 6) is 0.913. The molecule has 11 rings (SSSR count). The van der Waals surface area contributed by atoms with Crippen molar-refractivity contribution < 1.29 is 0 Å². The summed E-state index contributed by atoms with van der Waals surface area (Å²) in [5.41, 5.74) is 12.5. The number of fused-ring (bicyclic) bond motifs is 11. The van der Waals surface area contributed by atoms with Crippen LogP contribution >= 0.6 is 0 Å². The van der Waals surface area contributed by atoms with Crippen molar-refractivity contribution in [3.63, 3.8) is 0 Å². The molecule has 224 valence electrons. The van der Waals surface area contributed by atoms with Crippen LogP contribution in [0.5, 0.6) is 0 Å². The lowest BCUT2D eigenvalue weighted by molar-refractivity contribution is 1.11. The summed E-state index contributed by atoms with van der Waals surface area (Å²) in [6, 6.07) is 58.7. The molecule has 11 aromatic rings. The van der Waals surface area contributed by atoms with Gasteiger partial charge in [0.2, 0.25) is 5.78 Å². The van der Waals surface area contributed by atoms with Crippen molar-refractivity contribution in [1.82, 2.24) is 23.1 Å². The Labute approximate surface area is 274 Å². The maximum Gasteiger partial charge on any atom is 0.220 e. The van der Waals surface area contributed by atoms with Gasteiger partial charge in [-0.2, -0.15) is 0 Å². The van der Waals surface area contributed by atoms with E-state index in [9.17, 15) is 0 Å². The van der Waals surface area contributed by atoms with Gasteiger partial charge in [-0.3, -0.25) is 8.97 Å². The number of aromatic nitrogens is 5. The normalized spacial score (nSPS) is 12.2. The second kappa shape index (κ2) is 9.47. The van der Waals surface area contributed by atoms with E-state index in [1.165, 1.54) is 38.1 Å². The fraction of sp³-hybridized carbons (Fsp3) is 0. The topological polar surface area (TPSA) is 32.1 Å². The number of hydrogen-bond acceptors (Lipinski definition) is 1. The van der Waals surface area contributed by atoms with Crippen LogP contribution in [0, 0.1) is 0 Å². The molecular weight excluding hydrogens is 587 g/mol. The van der Waals surface area contributed by atoms with Gasteiger partial charge >= 0.3 is 0 Å². The molecule has 0 amide bonds. The first-order valence-corrected chi connectivity index (χ1v) is 16.3. The Balaban J connectivity index is 1.23. The van der Waals surface area contributed by atoms with E-state index in [0.717, 1.165) is 50.4 Å². The highest BCUT2D eigenvalue weighted by Crippen LogP contribution is 2.39. The summed E-state index contributed by atoms with van der Waals surface area (Å²) < 4.78 is 9.38. The van der Waals surface area contributed by atoms with Crippen LogP contribution in [-0.2, 0) is 0 Å². The van der Waals surface area contributed by atoms with Gasteiger partial charge in [0.15, 0.2) is 0 Å². The van der Waals surface area contributed by atoms with Gasteiger partial charge < -0.3 is 9.13 Å². The minimum Gasteiger partial charge on any atom is -0.309 e. The first kappa shape index (κ1) is 25.6. The van der Waals surface area contributed by atoms with Crippen LogP contribution in [0.3, 0.4) is 0 Å². The van der Waals surface area contributed by atoms with Crippen molar-refractivity contribution in [2.24, 2.45) is 0 Å². The van der Waals surface area contributed by atoms with E-state index >= 15 is 0 Å². The van der Waals surface area contributed by atoms with Crippen molar-refractivity contribution >= 4 is 71.5 Å². The Kier molecular flexibility index (Phi) is 5.05. The zero-order valence-electron chi connectivity index (χ0n) is 25.8. The van der Waals surface area contributed by atoms with Crippen LogP contribution in [0.4, 0.5) is 0 Å². The molecule has 5 nitrogen and oxygen atoms in total. The van der Waals surface area contributed by atoms with Crippen LogP contribution in [0.25, 0.3) is 88.5 Å². The van der Waals surface area contributed by atoms with Crippen molar-refractivity contribution in [1.29, 1.82) is 0 Å². The predicted octanol–water partition coefficient (Wildman–Crippen LogP) is 10.6. The summed E-state index contributed by atoms with van der Waals surface area (Å²) in [4.78, 5) is 5.29. The maximum absolute atomic E-state index is 5.29. The number of hydrogen-bond donors (Lipinski definition) is 0. The van der Waals surface area contributed by atoms with E-state index in [1.807, 2.05) is 0 Å². The highest BCUT2D eigenvalue weighted by atomic mass is 15.2. The lowest BCUT2D eigenvalue weighted by Crippen LogP contribution is -1.95. The van der Waals surface area contributed by atoms with E-state index in [-0.39, 0.29) is 0 Å². The van der Waals surface area contributed by atoms with Crippen molar-refractivity contribution in [3.05, 3.63) is 164 Å². The van der Waals surface area contributed by atoms with Gasteiger partial charge in [-0.05, 0) is 78.9 Å². The van der Waals surface area contributed by atoms with E-state index < -0.39 is 0 Å².